The second-order valence-electron chi connectivity index (χ2n) is 4.42. The van der Waals surface area contributed by atoms with Gasteiger partial charge in [0.1, 0.15) is 0 Å². The van der Waals surface area contributed by atoms with E-state index in [1.807, 2.05) is 26.0 Å². The van der Waals surface area contributed by atoms with Gasteiger partial charge >= 0.3 is 5.97 Å². The summed E-state index contributed by atoms with van der Waals surface area (Å²) < 4.78 is 0. The van der Waals surface area contributed by atoms with Crippen LogP contribution in [0.3, 0.4) is 0 Å². The summed E-state index contributed by atoms with van der Waals surface area (Å²) in [6.07, 6.45) is 0. The van der Waals surface area contributed by atoms with Gasteiger partial charge in [0.05, 0.1) is 11.9 Å². The quantitative estimate of drug-likeness (QED) is 0.823. The van der Waals surface area contributed by atoms with Crippen molar-refractivity contribution in [3.63, 3.8) is 0 Å². The molecule has 1 unspecified atom stereocenters. The highest BCUT2D eigenvalue weighted by Gasteiger charge is 2.14. The van der Waals surface area contributed by atoms with E-state index in [4.69, 9.17) is 16.7 Å². The van der Waals surface area contributed by atoms with Crippen LogP contribution in [0.4, 0.5) is 0 Å². The average Bonchev–Trinajstić information content (AvgIpc) is 2.15. The number of alkyl halides is 1. The van der Waals surface area contributed by atoms with Gasteiger partial charge in [-0.25, -0.2) is 0 Å². The maximum absolute atomic E-state index is 10.6. The van der Waals surface area contributed by atoms with Gasteiger partial charge in [0.25, 0.3) is 0 Å². The summed E-state index contributed by atoms with van der Waals surface area (Å²) in [6.45, 7) is 4.59. The third-order valence-electron chi connectivity index (χ3n) is 2.64. The van der Waals surface area contributed by atoms with Crippen molar-refractivity contribution in [2.24, 2.45) is 0 Å². The van der Waals surface area contributed by atoms with Gasteiger partial charge < -0.3 is 5.11 Å². The van der Waals surface area contributed by atoms with Gasteiger partial charge in [0.15, 0.2) is 0 Å². The maximum atomic E-state index is 10.6. The fourth-order valence-corrected chi connectivity index (χ4v) is 2.32. The molecule has 0 saturated heterocycles. The van der Waals surface area contributed by atoms with Gasteiger partial charge in [-0.05, 0) is 32.0 Å². The van der Waals surface area contributed by atoms with Crippen LogP contribution in [0.25, 0.3) is 0 Å². The topological polar surface area (TPSA) is 40.5 Å². The molecule has 0 heterocycles. The first kappa shape index (κ1) is 14.0. The number of benzene rings is 1. The Bertz CT molecular complexity index is 406. The molecule has 0 aliphatic carbocycles. The number of hydrogen-bond acceptors (Lipinski definition) is 2. The number of hydrogen-bond donors (Lipinski definition) is 1. The average molecular weight is 256 g/mol. The van der Waals surface area contributed by atoms with E-state index in [2.05, 4.69) is 6.07 Å². The number of rotatable bonds is 5. The molecule has 0 aliphatic heterocycles. The van der Waals surface area contributed by atoms with Crippen LogP contribution in [-0.2, 0) is 4.79 Å². The number of aliphatic carboxylic acids is 1. The highest BCUT2D eigenvalue weighted by atomic mass is 35.5. The van der Waals surface area contributed by atoms with Crippen LogP contribution < -0.4 is 0 Å². The molecule has 0 aromatic heterocycles. The van der Waals surface area contributed by atoms with Crippen molar-refractivity contribution >= 4 is 17.6 Å². The van der Waals surface area contributed by atoms with E-state index in [1.165, 1.54) is 5.56 Å². The largest absolute Gasteiger partial charge is 0.480 e. The summed E-state index contributed by atoms with van der Waals surface area (Å²) in [5.41, 5.74) is 3.41. The predicted octanol–water partition coefficient (Wildman–Crippen LogP) is 2.60. The minimum atomic E-state index is -0.836. The number of aryl methyl sites for hydroxylation is 2. The summed E-state index contributed by atoms with van der Waals surface area (Å²) in [5.74, 6) is -0.836. The van der Waals surface area contributed by atoms with Crippen LogP contribution >= 0.6 is 11.6 Å². The molecule has 94 valence electrons. The van der Waals surface area contributed by atoms with Crippen molar-refractivity contribution < 1.29 is 9.90 Å². The number of nitrogens with zero attached hydrogens (tertiary/aromatic N) is 1. The highest BCUT2D eigenvalue weighted by Crippen LogP contribution is 2.25. The second kappa shape index (κ2) is 6.03. The lowest BCUT2D eigenvalue weighted by Crippen LogP contribution is -2.28. The summed E-state index contributed by atoms with van der Waals surface area (Å²) in [6, 6.07) is 6.12. The van der Waals surface area contributed by atoms with Crippen LogP contribution in [0.1, 0.15) is 22.1 Å². The number of carboxylic acids is 1. The first-order chi connectivity index (χ1) is 7.90. The van der Waals surface area contributed by atoms with Crippen LogP contribution in [0, 0.1) is 13.8 Å². The molecule has 1 N–H and O–H groups in total. The van der Waals surface area contributed by atoms with E-state index in [0.717, 1.165) is 11.1 Å². The molecule has 17 heavy (non-hydrogen) atoms. The van der Waals surface area contributed by atoms with Gasteiger partial charge in [0, 0.05) is 6.54 Å². The number of likely N-dealkylation sites (N-methyl/N-ethyl adjacent to an activating group) is 1. The molecule has 4 heteroatoms. The molecule has 3 nitrogen and oxygen atoms in total. The third-order valence-corrected chi connectivity index (χ3v) is 3.01. The Kier molecular flexibility index (Phi) is 4.97. The number of carboxylic acid groups (broad SMARTS) is 1. The van der Waals surface area contributed by atoms with Gasteiger partial charge in [0.2, 0.25) is 0 Å². The Hall–Kier alpha value is -1.06. The zero-order valence-corrected chi connectivity index (χ0v) is 11.2. The zero-order valence-electron chi connectivity index (χ0n) is 10.4. The third kappa shape index (κ3) is 4.36. The van der Waals surface area contributed by atoms with Crippen molar-refractivity contribution in [3.05, 3.63) is 34.9 Å². The zero-order chi connectivity index (χ0) is 13.0. The van der Waals surface area contributed by atoms with Crippen LogP contribution in [0.5, 0.6) is 0 Å². The van der Waals surface area contributed by atoms with E-state index in [-0.39, 0.29) is 11.9 Å². The van der Waals surface area contributed by atoms with Crippen molar-refractivity contribution in [3.8, 4) is 0 Å². The van der Waals surface area contributed by atoms with Crippen molar-refractivity contribution in [1.82, 2.24) is 4.90 Å². The molecule has 1 aromatic rings. The first-order valence-electron chi connectivity index (χ1n) is 5.51. The van der Waals surface area contributed by atoms with Crippen LogP contribution in [0.15, 0.2) is 18.2 Å². The van der Waals surface area contributed by atoms with Gasteiger partial charge in [-0.3, -0.25) is 9.69 Å². The molecule has 0 radical (unpaired) electrons. The standard InChI is InChI=1S/C13H18ClNO2/c1-9-4-5-11(10(2)6-9)12(14)7-15(3)8-13(16)17/h4-6,12H,7-8H2,1-3H3,(H,16,17). The van der Waals surface area contributed by atoms with E-state index < -0.39 is 5.97 Å². The highest BCUT2D eigenvalue weighted by molar-refractivity contribution is 6.21. The molecule has 0 fully saturated rings. The van der Waals surface area contributed by atoms with E-state index >= 15 is 0 Å². The normalized spacial score (nSPS) is 12.8. The minimum Gasteiger partial charge on any atom is -0.480 e. The Labute approximate surface area is 107 Å². The molecular weight excluding hydrogens is 238 g/mol. The smallest absolute Gasteiger partial charge is 0.317 e. The maximum Gasteiger partial charge on any atom is 0.317 e. The summed E-state index contributed by atoms with van der Waals surface area (Å²) in [7, 11) is 1.76. The Balaban J connectivity index is 2.69. The molecule has 0 aliphatic rings. The number of halogens is 1. The molecule has 0 spiro atoms. The fourth-order valence-electron chi connectivity index (χ4n) is 1.84. The monoisotopic (exact) mass is 255 g/mol. The Morgan fingerprint density at radius 1 is 1.47 bits per heavy atom. The molecular formula is C13H18ClNO2. The Morgan fingerprint density at radius 3 is 2.65 bits per heavy atom. The lowest BCUT2D eigenvalue weighted by atomic mass is 10.0. The minimum absolute atomic E-state index is 0.00806. The van der Waals surface area contributed by atoms with E-state index in [0.29, 0.717) is 6.54 Å². The molecule has 1 atom stereocenters. The van der Waals surface area contributed by atoms with Crippen molar-refractivity contribution in [2.45, 2.75) is 19.2 Å². The SMILES string of the molecule is Cc1ccc(C(Cl)CN(C)CC(=O)O)c(C)c1. The molecule has 1 aromatic carbocycles. The summed E-state index contributed by atoms with van der Waals surface area (Å²) in [5, 5.41) is 8.49. The second-order valence-corrected chi connectivity index (χ2v) is 4.94. The summed E-state index contributed by atoms with van der Waals surface area (Å²) in [4.78, 5) is 12.3. The lowest BCUT2D eigenvalue weighted by Gasteiger charge is -2.19. The lowest BCUT2D eigenvalue weighted by molar-refractivity contribution is -0.137. The first-order valence-corrected chi connectivity index (χ1v) is 5.95. The van der Waals surface area contributed by atoms with E-state index in [9.17, 15) is 4.79 Å². The van der Waals surface area contributed by atoms with Gasteiger partial charge in [-0.2, -0.15) is 0 Å². The molecule has 0 bridgehead atoms. The Morgan fingerprint density at radius 2 is 2.12 bits per heavy atom. The molecule has 0 saturated carbocycles. The molecule has 1 rings (SSSR count). The predicted molar refractivity (Wildman–Crippen MR) is 69.6 cm³/mol. The van der Waals surface area contributed by atoms with Crippen molar-refractivity contribution in [1.29, 1.82) is 0 Å². The van der Waals surface area contributed by atoms with E-state index in [1.54, 1.807) is 11.9 Å². The van der Waals surface area contributed by atoms with Crippen molar-refractivity contribution in [2.75, 3.05) is 20.1 Å². The van der Waals surface area contributed by atoms with Crippen LogP contribution in [-0.4, -0.2) is 36.1 Å². The van der Waals surface area contributed by atoms with Gasteiger partial charge in [-0.15, -0.1) is 11.6 Å². The van der Waals surface area contributed by atoms with Gasteiger partial charge in [-0.1, -0.05) is 23.8 Å². The fraction of sp³-hybridized carbons (Fsp3) is 0.462. The number of carbonyl (C=O) groups is 1. The van der Waals surface area contributed by atoms with Crippen LogP contribution in [0.2, 0.25) is 0 Å². The summed E-state index contributed by atoms with van der Waals surface area (Å²) >= 11 is 6.31. The molecule has 0 amide bonds.